The van der Waals surface area contributed by atoms with Crippen LogP contribution in [0.3, 0.4) is 0 Å². The molecule has 22 heavy (non-hydrogen) atoms. The number of carboxylic acids is 1. The number of hydrogen-bond donors (Lipinski definition) is 1. The first-order valence-corrected chi connectivity index (χ1v) is 8.58. The average Bonchev–Trinajstić information content (AvgIpc) is 2.89. The average molecular weight is 305 g/mol. The number of likely N-dealkylation sites (tertiary alicyclic amines) is 1. The number of carbonyl (C=O) groups is 1. The van der Waals surface area contributed by atoms with Crippen molar-refractivity contribution in [1.82, 2.24) is 14.5 Å². The molecule has 1 saturated heterocycles. The van der Waals surface area contributed by atoms with Crippen LogP contribution < -0.4 is 0 Å². The Bertz CT molecular complexity index is 538. The molecule has 0 amide bonds. The molecular weight excluding hydrogens is 278 g/mol. The molecule has 2 aliphatic heterocycles. The lowest BCUT2D eigenvalue weighted by atomic mass is 9.93. The van der Waals surface area contributed by atoms with E-state index in [1.54, 1.807) is 0 Å². The highest BCUT2D eigenvalue weighted by Gasteiger charge is 2.28. The number of piperidine rings is 1. The fourth-order valence-corrected chi connectivity index (χ4v) is 3.90. The fraction of sp³-hybridized carbons (Fsp3) is 0.765. The van der Waals surface area contributed by atoms with Crippen molar-refractivity contribution in [1.29, 1.82) is 0 Å². The Morgan fingerprint density at radius 1 is 1.41 bits per heavy atom. The van der Waals surface area contributed by atoms with Crippen LogP contribution in [0.5, 0.6) is 0 Å². The summed E-state index contributed by atoms with van der Waals surface area (Å²) in [6.07, 6.45) is 8.06. The molecule has 0 radical (unpaired) electrons. The van der Waals surface area contributed by atoms with Crippen LogP contribution in [0.2, 0.25) is 0 Å². The summed E-state index contributed by atoms with van der Waals surface area (Å²) < 4.78 is 1.91. The minimum Gasteiger partial charge on any atom is -0.480 e. The summed E-state index contributed by atoms with van der Waals surface area (Å²) in [6, 6.07) is 0.193. The Labute approximate surface area is 132 Å². The van der Waals surface area contributed by atoms with E-state index in [2.05, 4.69) is 18.7 Å². The largest absolute Gasteiger partial charge is 0.480 e. The Kier molecular flexibility index (Phi) is 4.52. The lowest BCUT2D eigenvalue weighted by molar-refractivity contribution is -0.141. The molecule has 1 aromatic heterocycles. The molecule has 2 unspecified atom stereocenters. The van der Waals surface area contributed by atoms with E-state index in [1.165, 1.54) is 19.4 Å². The second kappa shape index (κ2) is 6.41. The predicted molar refractivity (Wildman–Crippen MR) is 85.0 cm³/mol. The fourth-order valence-electron chi connectivity index (χ4n) is 3.90. The molecule has 1 fully saturated rings. The van der Waals surface area contributed by atoms with Crippen molar-refractivity contribution in [3.05, 3.63) is 17.7 Å². The topological polar surface area (TPSA) is 58.4 Å². The predicted octanol–water partition coefficient (Wildman–Crippen LogP) is 2.51. The SMILES string of the molecule is CC(C)N1CCCC(Cc2cn3c(n2)CCCC3C(=O)O)C1. The van der Waals surface area contributed by atoms with Crippen LogP contribution in [0.4, 0.5) is 0 Å². The lowest BCUT2D eigenvalue weighted by Crippen LogP contribution is -2.40. The maximum absolute atomic E-state index is 11.4. The van der Waals surface area contributed by atoms with Gasteiger partial charge in [0.05, 0.1) is 5.69 Å². The van der Waals surface area contributed by atoms with Gasteiger partial charge in [-0.05, 0) is 58.4 Å². The molecule has 5 nitrogen and oxygen atoms in total. The van der Waals surface area contributed by atoms with E-state index in [4.69, 9.17) is 4.98 Å². The molecule has 0 aliphatic carbocycles. The minimum absolute atomic E-state index is 0.413. The number of carboxylic acid groups (broad SMARTS) is 1. The third kappa shape index (κ3) is 3.19. The van der Waals surface area contributed by atoms with Gasteiger partial charge in [0.2, 0.25) is 0 Å². The number of aromatic nitrogens is 2. The van der Waals surface area contributed by atoms with E-state index in [0.29, 0.717) is 12.0 Å². The van der Waals surface area contributed by atoms with Crippen LogP contribution in [0.25, 0.3) is 0 Å². The van der Waals surface area contributed by atoms with E-state index in [9.17, 15) is 9.90 Å². The van der Waals surface area contributed by atoms with Gasteiger partial charge in [0.15, 0.2) is 0 Å². The van der Waals surface area contributed by atoms with Crippen LogP contribution >= 0.6 is 0 Å². The highest BCUT2D eigenvalue weighted by Crippen LogP contribution is 2.27. The van der Waals surface area contributed by atoms with Gasteiger partial charge in [0.25, 0.3) is 0 Å². The Morgan fingerprint density at radius 3 is 2.95 bits per heavy atom. The van der Waals surface area contributed by atoms with Gasteiger partial charge < -0.3 is 14.6 Å². The molecule has 1 aromatic rings. The normalized spacial score (nSPS) is 26.1. The minimum atomic E-state index is -0.728. The van der Waals surface area contributed by atoms with Crippen molar-refractivity contribution in [2.45, 2.75) is 64.5 Å². The summed E-state index contributed by atoms with van der Waals surface area (Å²) in [5.74, 6) is 0.884. The van der Waals surface area contributed by atoms with Crippen molar-refractivity contribution in [2.24, 2.45) is 5.92 Å². The van der Waals surface area contributed by atoms with Crippen LogP contribution in [-0.2, 0) is 17.6 Å². The zero-order valence-electron chi connectivity index (χ0n) is 13.7. The van der Waals surface area contributed by atoms with Crippen LogP contribution in [0.15, 0.2) is 6.20 Å². The summed E-state index contributed by atoms with van der Waals surface area (Å²) >= 11 is 0. The molecule has 0 spiro atoms. The van der Waals surface area contributed by atoms with E-state index in [-0.39, 0.29) is 0 Å². The zero-order valence-corrected chi connectivity index (χ0v) is 13.7. The van der Waals surface area contributed by atoms with Gasteiger partial charge in [0, 0.05) is 25.2 Å². The third-order valence-corrected chi connectivity index (χ3v) is 5.14. The van der Waals surface area contributed by atoms with Crippen molar-refractivity contribution < 1.29 is 9.90 Å². The third-order valence-electron chi connectivity index (χ3n) is 5.14. The van der Waals surface area contributed by atoms with E-state index in [0.717, 1.165) is 43.7 Å². The smallest absolute Gasteiger partial charge is 0.326 e. The maximum Gasteiger partial charge on any atom is 0.326 e. The van der Waals surface area contributed by atoms with Crippen LogP contribution in [0.1, 0.15) is 57.1 Å². The molecule has 0 bridgehead atoms. The standard InChI is InChI=1S/C17H27N3O2/c1-12(2)19-8-4-5-13(10-19)9-14-11-20-15(17(21)22)6-3-7-16(20)18-14/h11-13,15H,3-10H2,1-2H3,(H,21,22). The molecule has 2 aliphatic rings. The van der Waals surface area contributed by atoms with Gasteiger partial charge in [-0.3, -0.25) is 0 Å². The summed E-state index contributed by atoms with van der Waals surface area (Å²) in [6.45, 7) is 6.86. The van der Waals surface area contributed by atoms with Crippen molar-refractivity contribution in [3.63, 3.8) is 0 Å². The van der Waals surface area contributed by atoms with Gasteiger partial charge in [-0.25, -0.2) is 9.78 Å². The number of rotatable bonds is 4. The van der Waals surface area contributed by atoms with E-state index in [1.807, 2.05) is 10.8 Å². The zero-order chi connectivity index (χ0) is 15.7. The molecule has 1 N–H and O–H groups in total. The van der Waals surface area contributed by atoms with Crippen LogP contribution in [-0.4, -0.2) is 44.7 Å². The molecule has 122 valence electrons. The van der Waals surface area contributed by atoms with Crippen molar-refractivity contribution >= 4 is 5.97 Å². The summed E-state index contributed by atoms with van der Waals surface area (Å²) in [5, 5.41) is 9.36. The van der Waals surface area contributed by atoms with Crippen LogP contribution in [0, 0.1) is 5.92 Å². The molecule has 0 aromatic carbocycles. The second-order valence-electron chi connectivity index (χ2n) is 7.10. The van der Waals surface area contributed by atoms with Crippen molar-refractivity contribution in [2.75, 3.05) is 13.1 Å². The number of aryl methyl sites for hydroxylation is 1. The Balaban J connectivity index is 1.70. The number of hydrogen-bond acceptors (Lipinski definition) is 3. The van der Waals surface area contributed by atoms with Gasteiger partial charge in [-0.1, -0.05) is 0 Å². The summed E-state index contributed by atoms with van der Waals surface area (Å²) in [7, 11) is 0. The molecule has 2 atom stereocenters. The first-order chi connectivity index (χ1) is 10.5. The molecule has 3 rings (SSSR count). The number of aliphatic carboxylic acids is 1. The number of fused-ring (bicyclic) bond motifs is 1. The summed E-state index contributed by atoms with van der Waals surface area (Å²) in [5.41, 5.74) is 1.08. The first kappa shape index (κ1) is 15.5. The van der Waals surface area contributed by atoms with Gasteiger partial charge in [-0.2, -0.15) is 0 Å². The monoisotopic (exact) mass is 305 g/mol. The van der Waals surface area contributed by atoms with Gasteiger partial charge in [-0.15, -0.1) is 0 Å². The number of nitrogens with zero attached hydrogens (tertiary/aromatic N) is 3. The quantitative estimate of drug-likeness (QED) is 0.928. The highest BCUT2D eigenvalue weighted by molar-refractivity contribution is 5.72. The van der Waals surface area contributed by atoms with Gasteiger partial charge in [0.1, 0.15) is 11.9 Å². The van der Waals surface area contributed by atoms with E-state index < -0.39 is 12.0 Å². The second-order valence-corrected chi connectivity index (χ2v) is 7.10. The maximum atomic E-state index is 11.4. The molecule has 3 heterocycles. The van der Waals surface area contributed by atoms with Gasteiger partial charge >= 0.3 is 5.97 Å². The lowest BCUT2D eigenvalue weighted by Gasteiger charge is -2.35. The molecule has 5 heteroatoms. The molecule has 0 saturated carbocycles. The Morgan fingerprint density at radius 2 is 2.23 bits per heavy atom. The highest BCUT2D eigenvalue weighted by atomic mass is 16.4. The van der Waals surface area contributed by atoms with Crippen molar-refractivity contribution in [3.8, 4) is 0 Å². The summed E-state index contributed by atoms with van der Waals surface area (Å²) in [4.78, 5) is 18.7. The number of imidazole rings is 1. The molecular formula is C17H27N3O2. The van der Waals surface area contributed by atoms with E-state index >= 15 is 0 Å². The first-order valence-electron chi connectivity index (χ1n) is 8.58. The Hall–Kier alpha value is -1.36.